The molecule has 0 radical (unpaired) electrons. The van der Waals surface area contributed by atoms with Gasteiger partial charge in [-0.3, -0.25) is 4.79 Å². The summed E-state index contributed by atoms with van der Waals surface area (Å²) in [5.74, 6) is -0.448. The van der Waals surface area contributed by atoms with Crippen LogP contribution in [0.2, 0.25) is 0 Å². The van der Waals surface area contributed by atoms with Gasteiger partial charge in [0.25, 0.3) is 5.91 Å². The van der Waals surface area contributed by atoms with E-state index >= 15 is 0 Å². The van der Waals surface area contributed by atoms with E-state index in [1.165, 1.54) is 12.1 Å². The molecule has 0 unspecified atom stereocenters. The number of benzene rings is 2. The van der Waals surface area contributed by atoms with Crippen molar-refractivity contribution in [3.05, 3.63) is 59.9 Å². The summed E-state index contributed by atoms with van der Waals surface area (Å²) in [6.45, 7) is 0. The predicted octanol–water partition coefficient (Wildman–Crippen LogP) is 2.93. The lowest BCUT2D eigenvalue weighted by molar-refractivity contribution is -0.117. The molecule has 0 bridgehead atoms. The van der Waals surface area contributed by atoms with Gasteiger partial charge in [0.1, 0.15) is 11.9 Å². The zero-order chi connectivity index (χ0) is 12.5. The Labute approximate surface area is 104 Å². The molecule has 0 fully saturated rings. The molecule has 3 nitrogen and oxygen atoms in total. The van der Waals surface area contributed by atoms with E-state index in [0.29, 0.717) is 0 Å². The molecule has 1 amide bonds. The second-order valence-electron chi connectivity index (χ2n) is 4.16. The number of carbonyl (C=O) groups excluding carboxylic acids is 1. The van der Waals surface area contributed by atoms with Crippen molar-refractivity contribution in [2.45, 2.75) is 6.04 Å². The maximum Gasteiger partial charge on any atom is 0.251 e. The predicted molar refractivity (Wildman–Crippen MR) is 67.8 cm³/mol. The molecule has 0 spiro atoms. The van der Waals surface area contributed by atoms with Crippen LogP contribution in [0.3, 0.4) is 0 Å². The molecule has 1 atom stereocenters. The highest BCUT2D eigenvalue weighted by Crippen LogP contribution is 2.31. The van der Waals surface area contributed by atoms with E-state index in [4.69, 9.17) is 0 Å². The van der Waals surface area contributed by atoms with Crippen LogP contribution in [0.5, 0.6) is 0 Å². The highest BCUT2D eigenvalue weighted by molar-refractivity contribution is 6.03. The van der Waals surface area contributed by atoms with Gasteiger partial charge >= 0.3 is 0 Å². The lowest BCUT2D eigenvalue weighted by Crippen LogP contribution is -2.31. The van der Waals surface area contributed by atoms with Crippen molar-refractivity contribution in [2.75, 3.05) is 10.6 Å². The number of anilines is 2. The summed E-state index contributed by atoms with van der Waals surface area (Å²) in [4.78, 5) is 12.0. The minimum absolute atomic E-state index is 0.139. The lowest BCUT2D eigenvalue weighted by Gasteiger charge is -2.26. The molecule has 1 heterocycles. The summed E-state index contributed by atoms with van der Waals surface area (Å²) in [5.41, 5.74) is 2.37. The monoisotopic (exact) mass is 242 g/mol. The number of rotatable bonds is 1. The molecule has 4 heteroatoms. The fraction of sp³-hybridized carbons (Fsp3) is 0.0714. The van der Waals surface area contributed by atoms with Crippen molar-refractivity contribution < 1.29 is 9.18 Å². The minimum Gasteiger partial charge on any atom is -0.368 e. The van der Waals surface area contributed by atoms with Crippen LogP contribution in [0.15, 0.2) is 48.5 Å². The van der Waals surface area contributed by atoms with Gasteiger partial charge in [0.2, 0.25) is 0 Å². The zero-order valence-corrected chi connectivity index (χ0v) is 9.48. The molecular weight excluding hydrogens is 231 g/mol. The number of nitrogens with one attached hydrogen (secondary N) is 2. The van der Waals surface area contributed by atoms with Crippen LogP contribution in [-0.2, 0) is 4.79 Å². The molecule has 0 saturated carbocycles. The molecule has 0 saturated heterocycles. The Balaban J connectivity index is 1.95. The first-order valence-electron chi connectivity index (χ1n) is 5.66. The average Bonchev–Trinajstić information content (AvgIpc) is 2.39. The van der Waals surface area contributed by atoms with Gasteiger partial charge in [-0.15, -0.1) is 0 Å². The minimum atomic E-state index is -0.486. The van der Waals surface area contributed by atoms with Crippen LogP contribution < -0.4 is 10.6 Å². The second kappa shape index (κ2) is 4.14. The zero-order valence-electron chi connectivity index (χ0n) is 9.48. The summed E-state index contributed by atoms with van der Waals surface area (Å²) < 4.78 is 12.9. The Kier molecular flexibility index (Phi) is 2.48. The van der Waals surface area contributed by atoms with E-state index in [2.05, 4.69) is 10.6 Å². The fourth-order valence-corrected chi connectivity index (χ4v) is 2.03. The smallest absolute Gasteiger partial charge is 0.251 e. The van der Waals surface area contributed by atoms with Gasteiger partial charge in [0.15, 0.2) is 0 Å². The van der Waals surface area contributed by atoms with Crippen molar-refractivity contribution in [3.8, 4) is 0 Å². The molecule has 18 heavy (non-hydrogen) atoms. The average molecular weight is 242 g/mol. The van der Waals surface area contributed by atoms with Gasteiger partial charge in [0, 0.05) is 0 Å². The molecule has 2 aromatic carbocycles. The summed E-state index contributed by atoms with van der Waals surface area (Å²) >= 11 is 0. The molecule has 2 aromatic rings. The summed E-state index contributed by atoms with van der Waals surface area (Å²) in [7, 11) is 0. The van der Waals surface area contributed by atoms with Gasteiger partial charge in [-0.25, -0.2) is 4.39 Å². The number of halogens is 1. The Morgan fingerprint density at radius 1 is 0.944 bits per heavy atom. The van der Waals surface area contributed by atoms with Crippen LogP contribution in [0, 0.1) is 5.82 Å². The van der Waals surface area contributed by atoms with Crippen molar-refractivity contribution in [1.82, 2.24) is 0 Å². The maximum absolute atomic E-state index is 12.9. The third-order valence-electron chi connectivity index (χ3n) is 2.95. The van der Waals surface area contributed by atoms with Crippen LogP contribution in [0.4, 0.5) is 15.8 Å². The van der Waals surface area contributed by atoms with Crippen LogP contribution in [0.1, 0.15) is 11.6 Å². The number of hydrogen-bond donors (Lipinski definition) is 2. The van der Waals surface area contributed by atoms with E-state index in [-0.39, 0.29) is 11.7 Å². The number of para-hydroxylation sites is 2. The maximum atomic E-state index is 12.9. The number of amides is 1. The summed E-state index contributed by atoms with van der Waals surface area (Å²) in [6, 6.07) is 12.9. The van der Waals surface area contributed by atoms with Crippen LogP contribution in [0.25, 0.3) is 0 Å². The van der Waals surface area contributed by atoms with Crippen molar-refractivity contribution in [1.29, 1.82) is 0 Å². The molecule has 0 aliphatic carbocycles. The normalized spacial score (nSPS) is 17.6. The van der Waals surface area contributed by atoms with Crippen LogP contribution >= 0.6 is 0 Å². The van der Waals surface area contributed by atoms with E-state index in [0.717, 1.165) is 16.9 Å². The third kappa shape index (κ3) is 1.82. The molecule has 1 aliphatic rings. The Hall–Kier alpha value is -2.36. The third-order valence-corrected chi connectivity index (χ3v) is 2.95. The standard InChI is InChI=1S/C14H11FN2O/c15-10-7-5-9(6-8-10)13-14(18)17-12-4-2-1-3-11(12)16-13/h1-8,13,16H,(H,17,18)/t13-/m0/s1. The first kappa shape index (κ1) is 10.8. The molecule has 90 valence electrons. The first-order valence-corrected chi connectivity index (χ1v) is 5.66. The van der Waals surface area contributed by atoms with Crippen molar-refractivity contribution in [3.63, 3.8) is 0 Å². The highest BCUT2D eigenvalue weighted by Gasteiger charge is 2.26. The number of hydrogen-bond acceptors (Lipinski definition) is 2. The Bertz CT molecular complexity index is 595. The van der Waals surface area contributed by atoms with Gasteiger partial charge in [0.05, 0.1) is 11.4 Å². The molecule has 2 N–H and O–H groups in total. The lowest BCUT2D eigenvalue weighted by atomic mass is 10.0. The summed E-state index contributed by atoms with van der Waals surface area (Å²) in [5, 5.41) is 5.98. The van der Waals surface area contributed by atoms with Gasteiger partial charge < -0.3 is 10.6 Å². The second-order valence-corrected chi connectivity index (χ2v) is 4.16. The SMILES string of the molecule is O=C1Nc2ccccc2N[C@H]1c1ccc(F)cc1. The van der Waals surface area contributed by atoms with E-state index in [9.17, 15) is 9.18 Å². The fourth-order valence-electron chi connectivity index (χ4n) is 2.03. The Morgan fingerprint density at radius 2 is 1.61 bits per heavy atom. The van der Waals surface area contributed by atoms with E-state index in [1.54, 1.807) is 12.1 Å². The highest BCUT2D eigenvalue weighted by atomic mass is 19.1. The first-order chi connectivity index (χ1) is 8.74. The Morgan fingerprint density at radius 3 is 2.33 bits per heavy atom. The van der Waals surface area contributed by atoms with Gasteiger partial charge in [-0.05, 0) is 29.8 Å². The molecule has 3 rings (SSSR count). The van der Waals surface area contributed by atoms with Crippen LogP contribution in [-0.4, -0.2) is 5.91 Å². The van der Waals surface area contributed by atoms with E-state index in [1.807, 2.05) is 24.3 Å². The largest absolute Gasteiger partial charge is 0.368 e. The van der Waals surface area contributed by atoms with Crippen molar-refractivity contribution >= 4 is 17.3 Å². The van der Waals surface area contributed by atoms with Crippen molar-refractivity contribution in [2.24, 2.45) is 0 Å². The topological polar surface area (TPSA) is 41.1 Å². The summed E-state index contributed by atoms with van der Waals surface area (Å²) in [6.07, 6.45) is 0. The molecule has 1 aliphatic heterocycles. The van der Waals surface area contributed by atoms with Gasteiger partial charge in [-0.2, -0.15) is 0 Å². The molecule has 0 aromatic heterocycles. The number of fused-ring (bicyclic) bond motifs is 1. The van der Waals surface area contributed by atoms with Gasteiger partial charge in [-0.1, -0.05) is 24.3 Å². The number of carbonyl (C=O) groups is 1. The van der Waals surface area contributed by atoms with E-state index < -0.39 is 6.04 Å². The quantitative estimate of drug-likeness (QED) is 0.807. The molecular formula is C14H11FN2O.